The van der Waals surface area contributed by atoms with Gasteiger partial charge < -0.3 is 18.6 Å². The quantitative estimate of drug-likeness (QED) is 0.798. The standard InChI is InChI=1S/C16H16B2O4/c1-3-7-13(8-4-1)15-11-19-17-18(21-15)22-16(12-20-17)14-9-5-2-6-10-14/h1-10,15-16H,11-12H2/t15-,16-/m1/s1. The van der Waals surface area contributed by atoms with Crippen molar-refractivity contribution in [3.8, 4) is 0 Å². The minimum Gasteiger partial charge on any atom is -0.410 e. The molecular weight excluding hydrogens is 278 g/mol. The fraction of sp³-hybridized carbons (Fsp3) is 0.250. The SMILES string of the molecule is c1ccc([C@H]2COB3OC[C@H](c4ccccc4)OB3O2)cc1. The van der Waals surface area contributed by atoms with Gasteiger partial charge in [-0.05, 0) is 11.1 Å². The van der Waals surface area contributed by atoms with Crippen LogP contribution in [0.5, 0.6) is 0 Å². The fourth-order valence-corrected chi connectivity index (χ4v) is 2.82. The molecule has 6 heteroatoms. The molecule has 0 saturated carbocycles. The summed E-state index contributed by atoms with van der Waals surface area (Å²) < 4.78 is 23.6. The first-order valence-corrected chi connectivity index (χ1v) is 7.54. The normalized spacial score (nSPS) is 24.9. The first-order valence-electron chi connectivity index (χ1n) is 7.54. The van der Waals surface area contributed by atoms with Gasteiger partial charge in [-0.25, -0.2) is 0 Å². The second kappa shape index (κ2) is 6.26. The van der Waals surface area contributed by atoms with Crippen molar-refractivity contribution in [1.82, 2.24) is 0 Å². The number of benzene rings is 2. The van der Waals surface area contributed by atoms with E-state index in [0.717, 1.165) is 11.1 Å². The number of hydrogen-bond acceptors (Lipinski definition) is 4. The molecule has 0 radical (unpaired) electrons. The van der Waals surface area contributed by atoms with Crippen LogP contribution in [0.25, 0.3) is 0 Å². The summed E-state index contributed by atoms with van der Waals surface area (Å²) in [5, 5.41) is 0. The highest BCUT2D eigenvalue weighted by Crippen LogP contribution is 2.31. The van der Waals surface area contributed by atoms with Crippen LogP contribution in [0.15, 0.2) is 60.7 Å². The second-order valence-electron chi connectivity index (χ2n) is 5.47. The van der Waals surface area contributed by atoms with E-state index in [1.54, 1.807) is 0 Å². The highest BCUT2D eigenvalue weighted by atomic mass is 16.7. The number of hydrogen-bond donors (Lipinski definition) is 0. The van der Waals surface area contributed by atoms with Crippen LogP contribution >= 0.6 is 0 Å². The minimum atomic E-state index is -0.502. The predicted molar refractivity (Wildman–Crippen MR) is 83.9 cm³/mol. The van der Waals surface area contributed by atoms with Crippen LogP contribution in [0.2, 0.25) is 0 Å². The van der Waals surface area contributed by atoms with Crippen LogP contribution in [-0.2, 0) is 18.6 Å². The topological polar surface area (TPSA) is 36.9 Å². The maximum Gasteiger partial charge on any atom is 0.489 e. The molecule has 0 spiro atoms. The van der Waals surface area contributed by atoms with E-state index in [-0.39, 0.29) is 12.2 Å². The van der Waals surface area contributed by atoms with Crippen molar-refractivity contribution in [2.24, 2.45) is 0 Å². The molecular formula is C16H16B2O4. The average Bonchev–Trinajstić information content (AvgIpc) is 2.62. The summed E-state index contributed by atoms with van der Waals surface area (Å²) in [6, 6.07) is 20.1. The Morgan fingerprint density at radius 3 is 1.55 bits per heavy atom. The molecule has 0 amide bonds. The molecule has 2 aliphatic heterocycles. The Hall–Kier alpha value is -1.59. The zero-order chi connectivity index (χ0) is 14.8. The molecule has 2 atom stereocenters. The zero-order valence-corrected chi connectivity index (χ0v) is 12.1. The highest BCUT2D eigenvalue weighted by molar-refractivity contribution is 7.11. The molecule has 0 N–H and O–H groups in total. The first kappa shape index (κ1) is 14.0. The first-order chi connectivity index (χ1) is 10.9. The lowest BCUT2D eigenvalue weighted by atomic mass is 9.46. The van der Waals surface area contributed by atoms with Crippen molar-refractivity contribution < 1.29 is 18.6 Å². The lowest BCUT2D eigenvalue weighted by molar-refractivity contribution is -0.00689. The smallest absolute Gasteiger partial charge is 0.410 e. The van der Waals surface area contributed by atoms with Gasteiger partial charge in [0.05, 0.1) is 25.4 Å². The summed E-state index contributed by atoms with van der Waals surface area (Å²) >= 11 is 0. The fourth-order valence-electron chi connectivity index (χ4n) is 2.82. The van der Waals surface area contributed by atoms with Crippen molar-refractivity contribution in [3.05, 3.63) is 71.8 Å². The van der Waals surface area contributed by atoms with E-state index in [2.05, 4.69) is 0 Å². The van der Waals surface area contributed by atoms with Crippen LogP contribution in [-0.4, -0.2) is 27.2 Å². The van der Waals surface area contributed by atoms with Crippen molar-refractivity contribution in [1.29, 1.82) is 0 Å². The lowest BCUT2D eigenvalue weighted by Gasteiger charge is -2.37. The Balaban J connectivity index is 1.48. The van der Waals surface area contributed by atoms with Crippen LogP contribution in [0.1, 0.15) is 23.3 Å². The van der Waals surface area contributed by atoms with Crippen LogP contribution in [0.3, 0.4) is 0 Å². The molecule has 2 saturated heterocycles. The van der Waals surface area contributed by atoms with Gasteiger partial charge in [0.1, 0.15) is 0 Å². The summed E-state index contributed by atoms with van der Waals surface area (Å²) in [6.45, 7) is 0.953. The summed E-state index contributed by atoms with van der Waals surface area (Å²) in [7, 11) is -0.946. The Morgan fingerprint density at radius 1 is 0.636 bits per heavy atom. The third-order valence-corrected chi connectivity index (χ3v) is 3.99. The molecule has 2 fully saturated rings. The summed E-state index contributed by atoms with van der Waals surface area (Å²) in [6.07, 6.45) is -0.249. The molecule has 0 unspecified atom stereocenters. The highest BCUT2D eigenvalue weighted by Gasteiger charge is 2.50. The average molecular weight is 294 g/mol. The van der Waals surface area contributed by atoms with E-state index in [9.17, 15) is 0 Å². The molecule has 22 heavy (non-hydrogen) atoms. The maximum absolute atomic E-state index is 6.06. The molecule has 0 aliphatic carbocycles. The molecule has 4 nitrogen and oxygen atoms in total. The van der Waals surface area contributed by atoms with Crippen molar-refractivity contribution in [2.45, 2.75) is 12.2 Å². The third kappa shape index (κ3) is 2.83. The summed E-state index contributed by atoms with van der Waals surface area (Å²) in [4.78, 5) is 0. The number of fused-ring (bicyclic) bond motifs is 1. The molecule has 0 bridgehead atoms. The third-order valence-electron chi connectivity index (χ3n) is 3.99. The lowest BCUT2D eigenvalue weighted by Crippen LogP contribution is -2.55. The molecule has 2 aromatic carbocycles. The van der Waals surface area contributed by atoms with E-state index in [1.807, 2.05) is 60.7 Å². The second-order valence-corrected chi connectivity index (χ2v) is 5.47. The monoisotopic (exact) mass is 294 g/mol. The zero-order valence-electron chi connectivity index (χ0n) is 12.1. The van der Waals surface area contributed by atoms with Gasteiger partial charge in [-0.2, -0.15) is 0 Å². The Bertz CT molecular complexity index is 557. The van der Waals surface area contributed by atoms with E-state index in [4.69, 9.17) is 18.6 Å². The van der Waals surface area contributed by atoms with Gasteiger partial charge in [-0.15, -0.1) is 0 Å². The molecule has 110 valence electrons. The van der Waals surface area contributed by atoms with Crippen LogP contribution in [0.4, 0.5) is 0 Å². The van der Waals surface area contributed by atoms with Crippen LogP contribution < -0.4 is 0 Å². The largest absolute Gasteiger partial charge is 0.489 e. The van der Waals surface area contributed by atoms with Crippen molar-refractivity contribution in [2.75, 3.05) is 13.2 Å². The molecule has 2 aromatic rings. The van der Waals surface area contributed by atoms with E-state index < -0.39 is 14.0 Å². The molecule has 4 rings (SSSR count). The van der Waals surface area contributed by atoms with Crippen molar-refractivity contribution >= 4 is 14.0 Å². The molecule has 2 heterocycles. The van der Waals surface area contributed by atoms with Gasteiger partial charge in [0.15, 0.2) is 0 Å². The van der Waals surface area contributed by atoms with Crippen LogP contribution in [0, 0.1) is 0 Å². The van der Waals surface area contributed by atoms with E-state index in [0.29, 0.717) is 13.2 Å². The minimum absolute atomic E-state index is 0.124. The van der Waals surface area contributed by atoms with Gasteiger partial charge in [-0.3, -0.25) is 0 Å². The Labute approximate surface area is 130 Å². The van der Waals surface area contributed by atoms with Gasteiger partial charge in [0.2, 0.25) is 0 Å². The Morgan fingerprint density at radius 2 is 1.09 bits per heavy atom. The predicted octanol–water partition coefficient (Wildman–Crippen LogP) is 2.62. The Kier molecular flexibility index (Phi) is 3.99. The maximum atomic E-state index is 6.06. The van der Waals surface area contributed by atoms with E-state index >= 15 is 0 Å². The van der Waals surface area contributed by atoms with Gasteiger partial charge in [0.25, 0.3) is 0 Å². The molecule has 0 aromatic heterocycles. The number of rotatable bonds is 2. The summed E-state index contributed by atoms with van der Waals surface area (Å²) in [5.74, 6) is 0. The van der Waals surface area contributed by atoms with Gasteiger partial charge in [-0.1, -0.05) is 60.7 Å². The van der Waals surface area contributed by atoms with Gasteiger partial charge in [0, 0.05) is 0 Å². The van der Waals surface area contributed by atoms with E-state index in [1.165, 1.54) is 0 Å². The van der Waals surface area contributed by atoms with Gasteiger partial charge >= 0.3 is 14.0 Å². The molecule has 2 aliphatic rings. The van der Waals surface area contributed by atoms with Crippen molar-refractivity contribution in [3.63, 3.8) is 0 Å². The summed E-state index contributed by atoms with van der Waals surface area (Å²) in [5.41, 5.74) is 2.18.